The molecule has 1 aliphatic carbocycles. The Bertz CT molecular complexity index is 1080. The van der Waals surface area contributed by atoms with Crippen LogP contribution in [0.25, 0.3) is 10.9 Å². The molecular formula is C25H34N2O4Si. The van der Waals surface area contributed by atoms with Crippen molar-refractivity contribution in [2.24, 2.45) is 11.8 Å². The van der Waals surface area contributed by atoms with Gasteiger partial charge in [0, 0.05) is 16.9 Å². The maximum Gasteiger partial charge on any atom is 0.228 e. The molecule has 1 aromatic heterocycles. The van der Waals surface area contributed by atoms with E-state index in [0.29, 0.717) is 24.2 Å². The van der Waals surface area contributed by atoms with E-state index in [1.54, 1.807) is 7.11 Å². The molecule has 7 heteroatoms. The summed E-state index contributed by atoms with van der Waals surface area (Å²) in [6, 6.07) is 7.48. The molecule has 0 bridgehead atoms. The number of nitrogens with one attached hydrogen (secondary N) is 1. The molecule has 2 aliphatic rings. The van der Waals surface area contributed by atoms with E-state index >= 15 is 0 Å². The second-order valence-electron chi connectivity index (χ2n) is 10.7. The number of hydrogen-bond acceptors (Lipinski definition) is 5. The number of ketones is 1. The first-order valence-corrected chi connectivity index (χ1v) is 14.3. The van der Waals surface area contributed by atoms with E-state index in [0.717, 1.165) is 16.6 Å². The van der Waals surface area contributed by atoms with Crippen LogP contribution < -0.4 is 10.1 Å². The van der Waals surface area contributed by atoms with Gasteiger partial charge < -0.3 is 14.5 Å². The van der Waals surface area contributed by atoms with Crippen LogP contribution >= 0.6 is 0 Å². The summed E-state index contributed by atoms with van der Waals surface area (Å²) in [6.45, 7) is 13.0. The molecule has 4 rings (SSSR count). The molecule has 0 radical (unpaired) electrons. The molecule has 1 aromatic carbocycles. The van der Waals surface area contributed by atoms with Gasteiger partial charge in [0.2, 0.25) is 5.91 Å². The summed E-state index contributed by atoms with van der Waals surface area (Å²) >= 11 is 0. The molecule has 32 heavy (non-hydrogen) atoms. The lowest BCUT2D eigenvalue weighted by Gasteiger charge is -2.48. The van der Waals surface area contributed by atoms with Crippen LogP contribution in [0.4, 0.5) is 0 Å². The molecule has 0 unspecified atom stereocenters. The Labute approximate surface area is 191 Å². The van der Waals surface area contributed by atoms with Gasteiger partial charge in [0.1, 0.15) is 11.3 Å². The van der Waals surface area contributed by atoms with Crippen molar-refractivity contribution in [2.45, 2.75) is 70.8 Å². The Morgan fingerprint density at radius 3 is 2.56 bits per heavy atom. The van der Waals surface area contributed by atoms with Gasteiger partial charge in [-0.05, 0) is 50.0 Å². The minimum atomic E-state index is -2.02. The zero-order chi connectivity index (χ0) is 23.4. The third-order valence-corrected chi connectivity index (χ3v) is 12.2. The molecule has 4 atom stereocenters. The van der Waals surface area contributed by atoms with Crippen molar-refractivity contribution < 1.29 is 18.8 Å². The van der Waals surface area contributed by atoms with Crippen LogP contribution in [-0.2, 0) is 15.6 Å². The second kappa shape index (κ2) is 7.95. The topological polar surface area (TPSA) is 77.5 Å². The zero-order valence-corrected chi connectivity index (χ0v) is 21.1. The van der Waals surface area contributed by atoms with Crippen molar-refractivity contribution in [1.29, 1.82) is 0 Å². The molecule has 1 saturated heterocycles. The summed E-state index contributed by atoms with van der Waals surface area (Å²) in [7, 11) is -0.394. The minimum Gasteiger partial charge on any atom is -0.494 e. The first kappa shape index (κ1) is 22.9. The lowest BCUT2D eigenvalue weighted by molar-refractivity contribution is -0.141. The molecule has 1 N–H and O–H groups in total. The van der Waals surface area contributed by atoms with Gasteiger partial charge >= 0.3 is 0 Å². The van der Waals surface area contributed by atoms with E-state index in [9.17, 15) is 9.59 Å². The number of rotatable bonds is 5. The van der Waals surface area contributed by atoms with Crippen LogP contribution in [0, 0.1) is 11.8 Å². The monoisotopic (exact) mass is 454 g/mol. The highest BCUT2D eigenvalue weighted by Crippen LogP contribution is 2.41. The van der Waals surface area contributed by atoms with E-state index in [1.165, 1.54) is 0 Å². The summed E-state index contributed by atoms with van der Waals surface area (Å²) in [6.07, 6.45) is 1.16. The van der Waals surface area contributed by atoms with E-state index in [-0.39, 0.29) is 40.7 Å². The summed E-state index contributed by atoms with van der Waals surface area (Å²) in [5.41, 5.74) is 2.27. The van der Waals surface area contributed by atoms with Gasteiger partial charge in [-0.2, -0.15) is 0 Å². The zero-order valence-electron chi connectivity index (χ0n) is 20.1. The number of para-hydroxylation sites is 1. The standard InChI is InChI=1S/C25H34N2O4Si/c1-14(31-32(6,7)25(2,3)4)20-22(27-24(20)29)16-11-12-18-17(23(16)28)13-15-9-8-10-19(30-5)21(15)26-18/h8-10,13-14,16,20,22H,11-12H2,1-7H3,(H,27,29)/t14-,16-,20-,22+/m1/s1. The van der Waals surface area contributed by atoms with Crippen molar-refractivity contribution in [1.82, 2.24) is 10.3 Å². The smallest absolute Gasteiger partial charge is 0.228 e. The molecule has 0 spiro atoms. The third kappa shape index (κ3) is 3.75. The lowest BCUT2D eigenvalue weighted by Crippen LogP contribution is -2.67. The number of fused-ring (bicyclic) bond motifs is 2. The normalized spacial score (nSPS) is 24.5. The molecule has 6 nitrogen and oxygen atoms in total. The van der Waals surface area contributed by atoms with Crippen LogP contribution in [0.2, 0.25) is 18.1 Å². The fourth-order valence-electron chi connectivity index (χ4n) is 4.73. The number of aromatic nitrogens is 1. The number of nitrogens with zero attached hydrogens (tertiary/aromatic N) is 1. The Balaban J connectivity index is 1.58. The van der Waals surface area contributed by atoms with Gasteiger partial charge in [0.05, 0.1) is 30.9 Å². The van der Waals surface area contributed by atoms with E-state index in [1.807, 2.05) is 31.2 Å². The predicted molar refractivity (Wildman–Crippen MR) is 128 cm³/mol. The highest BCUT2D eigenvalue weighted by atomic mass is 28.4. The number of aryl methyl sites for hydroxylation is 1. The Morgan fingerprint density at radius 2 is 1.94 bits per heavy atom. The van der Waals surface area contributed by atoms with E-state index < -0.39 is 8.32 Å². The average molecular weight is 455 g/mol. The van der Waals surface area contributed by atoms with Gasteiger partial charge in [-0.15, -0.1) is 0 Å². The van der Waals surface area contributed by atoms with Crippen molar-refractivity contribution in [3.05, 3.63) is 35.5 Å². The number of amides is 1. The van der Waals surface area contributed by atoms with Crippen LogP contribution in [0.1, 0.15) is 50.2 Å². The van der Waals surface area contributed by atoms with Crippen LogP contribution in [0.15, 0.2) is 24.3 Å². The largest absolute Gasteiger partial charge is 0.494 e. The van der Waals surface area contributed by atoms with Crippen LogP contribution in [0.3, 0.4) is 0 Å². The van der Waals surface area contributed by atoms with E-state index in [2.05, 4.69) is 39.2 Å². The molecule has 0 saturated carbocycles. The molecule has 2 aromatic rings. The quantitative estimate of drug-likeness (QED) is 0.531. The molecule has 1 amide bonds. The first-order valence-electron chi connectivity index (χ1n) is 11.4. The fraction of sp³-hybridized carbons (Fsp3) is 0.560. The highest BCUT2D eigenvalue weighted by Gasteiger charge is 2.52. The molecule has 172 valence electrons. The molecule has 1 aliphatic heterocycles. The summed E-state index contributed by atoms with van der Waals surface area (Å²) in [5.74, 6) is 0.218. The highest BCUT2D eigenvalue weighted by molar-refractivity contribution is 6.74. The minimum absolute atomic E-state index is 0.0128. The van der Waals surface area contributed by atoms with Gasteiger partial charge in [0.15, 0.2) is 14.1 Å². The molecular weight excluding hydrogens is 420 g/mol. The van der Waals surface area contributed by atoms with Crippen LogP contribution in [0.5, 0.6) is 5.75 Å². The number of carbonyl (C=O) groups is 2. The van der Waals surface area contributed by atoms with Crippen molar-refractivity contribution >= 4 is 30.9 Å². The van der Waals surface area contributed by atoms with Gasteiger partial charge in [0.25, 0.3) is 0 Å². The van der Waals surface area contributed by atoms with Crippen molar-refractivity contribution in [3.8, 4) is 5.75 Å². The van der Waals surface area contributed by atoms with Gasteiger partial charge in [-0.3, -0.25) is 9.59 Å². The number of pyridine rings is 1. The number of Topliss-reactive ketones (excluding diaryl/α,β-unsaturated/α-hetero) is 1. The Kier molecular flexibility index (Phi) is 5.70. The number of methoxy groups -OCH3 is 1. The summed E-state index contributed by atoms with van der Waals surface area (Å²) in [5, 5.41) is 3.97. The Hall–Kier alpha value is -2.25. The lowest BCUT2D eigenvalue weighted by atomic mass is 9.71. The Morgan fingerprint density at radius 1 is 1.22 bits per heavy atom. The number of carbonyl (C=O) groups excluding carboxylic acids is 2. The molecule has 1 fully saturated rings. The first-order chi connectivity index (χ1) is 14.9. The van der Waals surface area contributed by atoms with Crippen LogP contribution in [-0.4, -0.2) is 44.2 Å². The van der Waals surface area contributed by atoms with E-state index in [4.69, 9.17) is 14.1 Å². The number of ether oxygens (including phenoxy) is 1. The number of hydrogen-bond donors (Lipinski definition) is 1. The number of β-lactam (4-membered cyclic amide) rings is 1. The molecule has 2 heterocycles. The maximum atomic E-state index is 13.5. The van der Waals surface area contributed by atoms with Crippen molar-refractivity contribution in [3.63, 3.8) is 0 Å². The predicted octanol–water partition coefficient (Wildman–Crippen LogP) is 4.51. The SMILES string of the molecule is COc1cccc2cc3c(nc12)CC[C@H]([C@@H]1NC(=O)[C@@H]1[C@@H](C)O[Si](C)(C)C(C)(C)C)C3=O. The summed E-state index contributed by atoms with van der Waals surface area (Å²) < 4.78 is 12.0. The van der Waals surface area contributed by atoms with Gasteiger partial charge in [-0.25, -0.2) is 4.98 Å². The third-order valence-electron chi connectivity index (χ3n) is 7.63. The summed E-state index contributed by atoms with van der Waals surface area (Å²) in [4.78, 5) is 30.8. The maximum absolute atomic E-state index is 13.5. The number of benzene rings is 1. The fourth-order valence-corrected chi connectivity index (χ4v) is 6.16. The van der Waals surface area contributed by atoms with Crippen molar-refractivity contribution in [2.75, 3.05) is 7.11 Å². The van der Waals surface area contributed by atoms with Gasteiger partial charge in [-0.1, -0.05) is 32.9 Å². The second-order valence-corrected chi connectivity index (χ2v) is 15.4. The average Bonchev–Trinajstić information content (AvgIpc) is 2.69.